The van der Waals surface area contributed by atoms with E-state index in [9.17, 15) is 14.0 Å². The number of carbonyl (C=O) groups is 2. The predicted molar refractivity (Wildman–Crippen MR) is 61.6 cm³/mol. The van der Waals surface area contributed by atoms with Gasteiger partial charge in [0.1, 0.15) is 5.82 Å². The number of anilines is 1. The molecule has 0 bridgehead atoms. The van der Waals surface area contributed by atoms with Gasteiger partial charge < -0.3 is 4.90 Å². The van der Waals surface area contributed by atoms with E-state index < -0.39 is 17.5 Å². The van der Waals surface area contributed by atoms with Crippen molar-refractivity contribution < 1.29 is 14.0 Å². The zero-order valence-corrected chi connectivity index (χ0v) is 10.2. The summed E-state index contributed by atoms with van der Waals surface area (Å²) in [5.41, 5.74) is 1.31. The summed E-state index contributed by atoms with van der Waals surface area (Å²) in [6.07, 6.45) is 0. The van der Waals surface area contributed by atoms with Crippen molar-refractivity contribution in [1.29, 1.82) is 0 Å². The molecule has 1 aromatic carbocycles. The Morgan fingerprint density at radius 3 is 2.69 bits per heavy atom. The Balaban J connectivity index is 2.60. The molecule has 0 saturated heterocycles. The van der Waals surface area contributed by atoms with Crippen LogP contribution >= 0.6 is 15.9 Å². The molecule has 2 rings (SSSR count). The minimum atomic E-state index is -0.626. The van der Waals surface area contributed by atoms with E-state index in [-0.39, 0.29) is 5.56 Å². The first kappa shape index (κ1) is 11.3. The normalized spacial score (nSPS) is 14.6. The quantitative estimate of drug-likeness (QED) is 0.616. The zero-order valence-electron chi connectivity index (χ0n) is 8.59. The van der Waals surface area contributed by atoms with Gasteiger partial charge in [0, 0.05) is 11.9 Å². The molecule has 0 aliphatic carbocycles. The van der Waals surface area contributed by atoms with Gasteiger partial charge >= 0.3 is 0 Å². The van der Waals surface area contributed by atoms with Crippen LogP contribution in [-0.4, -0.2) is 23.6 Å². The van der Waals surface area contributed by atoms with Crippen LogP contribution < -0.4 is 4.90 Å². The van der Waals surface area contributed by atoms with Gasteiger partial charge in [0.05, 0.1) is 11.3 Å². The van der Waals surface area contributed by atoms with Gasteiger partial charge in [-0.2, -0.15) is 0 Å². The second-order valence-electron chi connectivity index (χ2n) is 3.59. The monoisotopic (exact) mass is 285 g/mol. The molecule has 0 unspecified atom stereocenters. The van der Waals surface area contributed by atoms with E-state index in [2.05, 4.69) is 15.9 Å². The number of rotatable bonds is 2. The lowest BCUT2D eigenvalue weighted by Crippen LogP contribution is -2.31. The van der Waals surface area contributed by atoms with Crippen LogP contribution in [0.3, 0.4) is 0 Å². The third kappa shape index (κ3) is 1.55. The number of carbonyl (C=O) groups excluding carboxylic acids is 2. The van der Waals surface area contributed by atoms with Crippen LogP contribution in [0.15, 0.2) is 12.1 Å². The lowest BCUT2D eigenvalue weighted by Gasteiger charge is -2.16. The first-order valence-corrected chi connectivity index (χ1v) is 5.90. The topological polar surface area (TPSA) is 37.4 Å². The Morgan fingerprint density at radius 2 is 2.06 bits per heavy atom. The van der Waals surface area contributed by atoms with Gasteiger partial charge in [0.2, 0.25) is 0 Å². The van der Waals surface area contributed by atoms with Gasteiger partial charge in [-0.15, -0.1) is 0 Å². The van der Waals surface area contributed by atoms with Gasteiger partial charge in [-0.25, -0.2) is 4.39 Å². The highest BCUT2D eigenvalue weighted by Gasteiger charge is 2.36. The first-order chi connectivity index (χ1) is 7.56. The lowest BCUT2D eigenvalue weighted by atomic mass is 10.1. The van der Waals surface area contributed by atoms with Crippen LogP contribution in [-0.2, 0) is 4.79 Å². The molecule has 0 spiro atoms. The molecule has 0 saturated carbocycles. The van der Waals surface area contributed by atoms with Crippen molar-refractivity contribution in [2.75, 3.05) is 16.8 Å². The van der Waals surface area contributed by atoms with Crippen molar-refractivity contribution in [3.05, 3.63) is 29.1 Å². The molecule has 84 valence electrons. The average Bonchev–Trinajstić information content (AvgIpc) is 2.44. The third-order valence-corrected chi connectivity index (χ3v) is 2.88. The number of amides is 1. The summed E-state index contributed by atoms with van der Waals surface area (Å²) >= 11 is 3.22. The van der Waals surface area contributed by atoms with Crippen molar-refractivity contribution in [2.45, 2.75) is 6.92 Å². The van der Waals surface area contributed by atoms with Crippen LogP contribution in [0.1, 0.15) is 15.9 Å². The number of nitrogens with zero attached hydrogens (tertiary/aromatic N) is 1. The van der Waals surface area contributed by atoms with Crippen molar-refractivity contribution in [3.8, 4) is 0 Å². The average molecular weight is 286 g/mol. The molecular weight excluding hydrogens is 277 g/mol. The molecule has 1 amide bonds. The number of benzene rings is 1. The van der Waals surface area contributed by atoms with Crippen LogP contribution in [0.4, 0.5) is 10.1 Å². The largest absolute Gasteiger partial charge is 0.304 e. The SMILES string of the molecule is Cc1cc(F)cc2c1N(CCBr)C(=O)C2=O. The number of hydrogen-bond donors (Lipinski definition) is 0. The minimum absolute atomic E-state index is 0.170. The molecular formula is C11H9BrFNO2. The van der Waals surface area contributed by atoms with E-state index in [1.807, 2.05) is 0 Å². The molecule has 1 aromatic rings. The highest BCUT2D eigenvalue weighted by atomic mass is 79.9. The van der Waals surface area contributed by atoms with Crippen molar-refractivity contribution in [1.82, 2.24) is 0 Å². The molecule has 16 heavy (non-hydrogen) atoms. The number of halogens is 2. The zero-order chi connectivity index (χ0) is 11.9. The molecule has 0 N–H and O–H groups in total. The van der Waals surface area contributed by atoms with Crippen LogP contribution in [0, 0.1) is 12.7 Å². The number of alkyl halides is 1. The fourth-order valence-corrected chi connectivity index (χ4v) is 2.26. The Morgan fingerprint density at radius 1 is 1.38 bits per heavy atom. The van der Waals surface area contributed by atoms with E-state index in [4.69, 9.17) is 0 Å². The molecule has 1 aliphatic heterocycles. The van der Waals surface area contributed by atoms with E-state index in [0.29, 0.717) is 23.1 Å². The predicted octanol–water partition coefficient (Wildman–Crippen LogP) is 2.06. The van der Waals surface area contributed by atoms with Crippen molar-refractivity contribution in [2.24, 2.45) is 0 Å². The summed E-state index contributed by atoms with van der Waals surface area (Å²) in [5, 5.41) is 0.572. The standard InChI is InChI=1S/C11H9BrFNO2/c1-6-4-7(13)5-8-9(6)14(3-2-12)11(16)10(8)15/h4-5H,2-3H2,1H3. The third-order valence-electron chi connectivity index (χ3n) is 2.53. The molecule has 1 heterocycles. The summed E-state index contributed by atoms with van der Waals surface area (Å²) in [7, 11) is 0. The summed E-state index contributed by atoms with van der Waals surface area (Å²) in [4.78, 5) is 24.7. The van der Waals surface area contributed by atoms with E-state index >= 15 is 0 Å². The fraction of sp³-hybridized carbons (Fsp3) is 0.273. The van der Waals surface area contributed by atoms with E-state index in [0.717, 1.165) is 6.07 Å². The van der Waals surface area contributed by atoms with Crippen molar-refractivity contribution in [3.63, 3.8) is 0 Å². The summed E-state index contributed by atoms with van der Waals surface area (Å²) in [6.45, 7) is 2.10. The Hall–Kier alpha value is -1.23. The maximum Gasteiger partial charge on any atom is 0.299 e. The molecule has 0 radical (unpaired) electrons. The van der Waals surface area contributed by atoms with Gasteiger partial charge in [-0.1, -0.05) is 15.9 Å². The molecule has 5 heteroatoms. The van der Waals surface area contributed by atoms with Crippen LogP contribution in [0.25, 0.3) is 0 Å². The molecule has 0 atom stereocenters. The Bertz CT molecular complexity index is 487. The van der Waals surface area contributed by atoms with Crippen molar-refractivity contribution >= 4 is 33.3 Å². The molecule has 1 aliphatic rings. The van der Waals surface area contributed by atoms with E-state index in [1.165, 1.54) is 11.0 Å². The van der Waals surface area contributed by atoms with Gasteiger partial charge in [-0.3, -0.25) is 9.59 Å². The fourth-order valence-electron chi connectivity index (χ4n) is 1.90. The van der Waals surface area contributed by atoms with Crippen LogP contribution in [0.5, 0.6) is 0 Å². The smallest absolute Gasteiger partial charge is 0.299 e. The van der Waals surface area contributed by atoms with Gasteiger partial charge in [0.15, 0.2) is 0 Å². The molecule has 0 aromatic heterocycles. The number of aryl methyl sites for hydroxylation is 1. The second kappa shape index (κ2) is 3.97. The van der Waals surface area contributed by atoms with Gasteiger partial charge in [0.25, 0.3) is 11.7 Å². The minimum Gasteiger partial charge on any atom is -0.304 e. The Kier molecular flexibility index (Phi) is 2.80. The molecule has 3 nitrogen and oxygen atoms in total. The first-order valence-electron chi connectivity index (χ1n) is 4.78. The summed E-state index contributed by atoms with van der Waals surface area (Å²) in [5.74, 6) is -1.69. The molecule has 0 fully saturated rings. The number of Topliss-reactive ketones (excluding diaryl/α,β-unsaturated/α-hetero) is 1. The highest BCUT2D eigenvalue weighted by Crippen LogP contribution is 2.32. The number of fused-ring (bicyclic) bond motifs is 1. The lowest BCUT2D eigenvalue weighted by molar-refractivity contribution is -0.114. The van der Waals surface area contributed by atoms with E-state index in [1.54, 1.807) is 6.92 Å². The maximum atomic E-state index is 13.1. The summed E-state index contributed by atoms with van der Waals surface area (Å²) in [6, 6.07) is 2.45. The Labute approximate surface area is 100 Å². The summed E-state index contributed by atoms with van der Waals surface area (Å²) < 4.78 is 13.1. The highest BCUT2D eigenvalue weighted by molar-refractivity contribution is 9.09. The number of ketones is 1. The maximum absolute atomic E-state index is 13.1. The number of hydrogen-bond acceptors (Lipinski definition) is 2. The van der Waals surface area contributed by atoms with Crippen LogP contribution in [0.2, 0.25) is 0 Å². The second-order valence-corrected chi connectivity index (χ2v) is 4.39. The van der Waals surface area contributed by atoms with Gasteiger partial charge in [-0.05, 0) is 24.6 Å².